The smallest absolute Gasteiger partial charge is 0.246 e. The molecule has 0 atom stereocenters. The van der Waals surface area contributed by atoms with Crippen molar-refractivity contribution in [3.05, 3.63) is 11.4 Å². The van der Waals surface area contributed by atoms with Crippen molar-refractivity contribution < 1.29 is 8.42 Å². The Balaban J connectivity index is 2.29. The van der Waals surface area contributed by atoms with Gasteiger partial charge in [0, 0.05) is 32.7 Å². The number of rotatable bonds is 5. The Bertz CT molecular complexity index is 588. The van der Waals surface area contributed by atoms with Crippen LogP contribution in [0.5, 0.6) is 0 Å². The van der Waals surface area contributed by atoms with E-state index in [-0.39, 0.29) is 0 Å². The maximum Gasteiger partial charge on any atom is 0.246 e. The molecule has 0 amide bonds. The molecule has 2 rings (SSSR count). The number of piperazine rings is 1. The first-order valence-electron chi connectivity index (χ1n) is 7.25. The molecule has 0 aliphatic carbocycles. The standard InChI is InChI=1S/C13H25N5O2S/c1-11-13(12(2)18(15-11)6-5-14-3)21(19,20)17-9-7-16(4)8-10-17/h14H,5-10H2,1-4H3. The third-order valence-corrected chi connectivity index (χ3v) is 6.10. The second kappa shape index (κ2) is 6.43. The molecule has 8 heteroatoms. The quantitative estimate of drug-likeness (QED) is 0.805. The first-order chi connectivity index (χ1) is 9.87. The lowest BCUT2D eigenvalue weighted by Crippen LogP contribution is -2.47. The van der Waals surface area contributed by atoms with E-state index >= 15 is 0 Å². The second-order valence-corrected chi connectivity index (χ2v) is 7.41. The van der Waals surface area contributed by atoms with E-state index in [2.05, 4.69) is 15.3 Å². The molecule has 1 saturated heterocycles. The maximum absolute atomic E-state index is 12.9. The van der Waals surface area contributed by atoms with Gasteiger partial charge in [-0.2, -0.15) is 9.40 Å². The minimum absolute atomic E-state index is 0.378. The molecule has 0 aromatic carbocycles. The average Bonchev–Trinajstić information content (AvgIpc) is 2.72. The molecule has 21 heavy (non-hydrogen) atoms. The molecule has 1 aliphatic rings. The average molecular weight is 315 g/mol. The van der Waals surface area contributed by atoms with Gasteiger partial charge in [0.15, 0.2) is 0 Å². The van der Waals surface area contributed by atoms with E-state index in [0.29, 0.717) is 30.2 Å². The number of sulfonamides is 1. The number of nitrogens with one attached hydrogen (secondary N) is 1. The molecule has 1 aromatic heterocycles. The van der Waals surface area contributed by atoms with Crippen molar-refractivity contribution in [3.63, 3.8) is 0 Å². The highest BCUT2D eigenvalue weighted by molar-refractivity contribution is 7.89. The largest absolute Gasteiger partial charge is 0.318 e. The lowest BCUT2D eigenvalue weighted by atomic mass is 10.4. The predicted octanol–water partition coefficient (Wildman–Crippen LogP) is -0.345. The van der Waals surface area contributed by atoms with Gasteiger partial charge in [0.05, 0.1) is 17.9 Å². The fraction of sp³-hybridized carbons (Fsp3) is 0.769. The van der Waals surface area contributed by atoms with Crippen molar-refractivity contribution in [2.24, 2.45) is 0 Å². The van der Waals surface area contributed by atoms with Crippen LogP contribution in [0.2, 0.25) is 0 Å². The molecule has 120 valence electrons. The van der Waals surface area contributed by atoms with Gasteiger partial charge in [0.1, 0.15) is 4.90 Å². The molecular formula is C13H25N5O2S. The molecule has 1 fully saturated rings. The lowest BCUT2D eigenvalue weighted by molar-refractivity contribution is 0.222. The van der Waals surface area contributed by atoms with E-state index in [4.69, 9.17) is 0 Å². The first-order valence-corrected chi connectivity index (χ1v) is 8.69. The molecule has 0 spiro atoms. The number of nitrogens with zero attached hydrogens (tertiary/aromatic N) is 4. The third kappa shape index (κ3) is 3.28. The number of likely N-dealkylation sites (N-methyl/N-ethyl adjacent to an activating group) is 2. The zero-order valence-electron chi connectivity index (χ0n) is 13.3. The van der Waals surface area contributed by atoms with Gasteiger partial charge in [-0.3, -0.25) is 4.68 Å². The summed E-state index contributed by atoms with van der Waals surface area (Å²) in [6, 6.07) is 0. The minimum Gasteiger partial charge on any atom is -0.318 e. The summed E-state index contributed by atoms with van der Waals surface area (Å²) >= 11 is 0. The van der Waals surface area contributed by atoms with E-state index < -0.39 is 10.0 Å². The van der Waals surface area contributed by atoms with E-state index in [1.54, 1.807) is 15.9 Å². The number of aryl methyl sites for hydroxylation is 1. The number of aromatic nitrogens is 2. The zero-order valence-corrected chi connectivity index (χ0v) is 14.1. The third-order valence-electron chi connectivity index (χ3n) is 3.95. The highest BCUT2D eigenvalue weighted by Crippen LogP contribution is 2.24. The SMILES string of the molecule is CNCCn1nc(C)c(S(=O)(=O)N2CCN(C)CC2)c1C. The van der Waals surface area contributed by atoms with Crippen molar-refractivity contribution in [2.45, 2.75) is 25.3 Å². The van der Waals surface area contributed by atoms with Gasteiger partial charge in [0.25, 0.3) is 0 Å². The maximum atomic E-state index is 12.9. The van der Waals surface area contributed by atoms with Crippen molar-refractivity contribution >= 4 is 10.0 Å². The molecule has 2 heterocycles. The molecular weight excluding hydrogens is 290 g/mol. The molecule has 1 N–H and O–H groups in total. The lowest BCUT2D eigenvalue weighted by Gasteiger charge is -2.31. The monoisotopic (exact) mass is 315 g/mol. The molecule has 0 saturated carbocycles. The summed E-state index contributed by atoms with van der Waals surface area (Å²) in [5.41, 5.74) is 1.31. The molecule has 1 aromatic rings. The van der Waals surface area contributed by atoms with Crippen LogP contribution < -0.4 is 5.32 Å². The van der Waals surface area contributed by atoms with E-state index in [1.807, 2.05) is 21.0 Å². The van der Waals surface area contributed by atoms with Crippen LogP contribution in [0, 0.1) is 13.8 Å². The van der Waals surface area contributed by atoms with Gasteiger partial charge < -0.3 is 10.2 Å². The Kier molecular flexibility index (Phi) is 5.03. The number of hydrogen-bond acceptors (Lipinski definition) is 5. The van der Waals surface area contributed by atoms with Crippen LogP contribution in [0.15, 0.2) is 4.90 Å². The minimum atomic E-state index is -3.45. The van der Waals surface area contributed by atoms with Gasteiger partial charge in [0.2, 0.25) is 10.0 Å². The summed E-state index contributed by atoms with van der Waals surface area (Å²) < 4.78 is 29.1. The van der Waals surface area contributed by atoms with Crippen LogP contribution in [0.3, 0.4) is 0 Å². The topological polar surface area (TPSA) is 70.5 Å². The number of hydrogen-bond donors (Lipinski definition) is 1. The molecule has 1 aliphatic heterocycles. The Hall–Kier alpha value is -0.960. The summed E-state index contributed by atoms with van der Waals surface area (Å²) in [6.45, 7) is 7.65. The Morgan fingerprint density at radius 2 is 1.81 bits per heavy atom. The Morgan fingerprint density at radius 3 is 2.38 bits per heavy atom. The van der Waals surface area contributed by atoms with Crippen molar-refractivity contribution in [1.29, 1.82) is 0 Å². The first kappa shape index (κ1) is 16.4. The molecule has 0 radical (unpaired) electrons. The highest BCUT2D eigenvalue weighted by atomic mass is 32.2. The zero-order chi connectivity index (χ0) is 15.6. The van der Waals surface area contributed by atoms with Crippen LogP contribution in [0.25, 0.3) is 0 Å². The summed E-state index contributed by atoms with van der Waals surface area (Å²) in [6.07, 6.45) is 0. The van der Waals surface area contributed by atoms with Gasteiger partial charge in [-0.25, -0.2) is 8.42 Å². The van der Waals surface area contributed by atoms with Crippen molar-refractivity contribution in [2.75, 3.05) is 46.8 Å². The van der Waals surface area contributed by atoms with Gasteiger partial charge >= 0.3 is 0 Å². The molecule has 0 unspecified atom stereocenters. The van der Waals surface area contributed by atoms with E-state index in [1.165, 1.54) is 0 Å². The Morgan fingerprint density at radius 1 is 1.19 bits per heavy atom. The fourth-order valence-corrected chi connectivity index (χ4v) is 4.44. The van der Waals surface area contributed by atoms with Crippen LogP contribution in [-0.4, -0.2) is 74.2 Å². The Labute approximate surface area is 127 Å². The molecule has 7 nitrogen and oxygen atoms in total. The van der Waals surface area contributed by atoms with Crippen molar-refractivity contribution in [3.8, 4) is 0 Å². The van der Waals surface area contributed by atoms with E-state index in [0.717, 1.165) is 25.3 Å². The predicted molar refractivity (Wildman–Crippen MR) is 81.9 cm³/mol. The van der Waals surface area contributed by atoms with Crippen LogP contribution >= 0.6 is 0 Å². The molecule has 0 bridgehead atoms. The van der Waals surface area contributed by atoms with Gasteiger partial charge in [-0.1, -0.05) is 0 Å². The highest BCUT2D eigenvalue weighted by Gasteiger charge is 2.32. The van der Waals surface area contributed by atoms with Crippen molar-refractivity contribution in [1.82, 2.24) is 24.3 Å². The van der Waals surface area contributed by atoms with Gasteiger partial charge in [-0.05, 0) is 27.9 Å². The van der Waals surface area contributed by atoms with Crippen LogP contribution in [-0.2, 0) is 16.6 Å². The summed E-state index contributed by atoms with van der Waals surface area (Å²) in [5.74, 6) is 0. The van der Waals surface area contributed by atoms with Crippen LogP contribution in [0.1, 0.15) is 11.4 Å². The second-order valence-electron chi connectivity index (χ2n) is 5.53. The normalized spacial score (nSPS) is 18.3. The summed E-state index contributed by atoms with van der Waals surface area (Å²) in [5, 5.41) is 7.44. The van der Waals surface area contributed by atoms with E-state index in [9.17, 15) is 8.42 Å². The van der Waals surface area contributed by atoms with Crippen LogP contribution in [0.4, 0.5) is 0 Å². The summed E-state index contributed by atoms with van der Waals surface area (Å²) in [4.78, 5) is 2.52. The van der Waals surface area contributed by atoms with Gasteiger partial charge in [-0.15, -0.1) is 0 Å². The summed E-state index contributed by atoms with van der Waals surface area (Å²) in [7, 11) is 0.431. The fourth-order valence-electron chi connectivity index (χ4n) is 2.65.